The van der Waals surface area contributed by atoms with Gasteiger partial charge in [0.05, 0.1) is 12.2 Å². The molecule has 0 fully saturated rings. The molecule has 0 saturated carbocycles. The van der Waals surface area contributed by atoms with Crippen molar-refractivity contribution in [1.82, 2.24) is 4.98 Å². The Morgan fingerprint density at radius 3 is 2.81 bits per heavy atom. The summed E-state index contributed by atoms with van der Waals surface area (Å²) < 4.78 is 10.8. The number of hydrogen-bond acceptors (Lipinski definition) is 3. The van der Waals surface area contributed by atoms with Crippen molar-refractivity contribution in [3.05, 3.63) is 23.9 Å². The maximum absolute atomic E-state index is 5.72. The molecule has 0 bridgehead atoms. The van der Waals surface area contributed by atoms with Gasteiger partial charge in [0.1, 0.15) is 0 Å². The fourth-order valence-electron chi connectivity index (χ4n) is 1.12. The molecule has 0 N–H and O–H groups in total. The SMILES string of the molecule is COC(C)(C)CCOc1cc(CCl)ccn1. The van der Waals surface area contributed by atoms with E-state index in [1.807, 2.05) is 26.0 Å². The summed E-state index contributed by atoms with van der Waals surface area (Å²) >= 11 is 5.72. The van der Waals surface area contributed by atoms with Crippen LogP contribution in [0.4, 0.5) is 0 Å². The number of ether oxygens (including phenoxy) is 2. The molecule has 1 rings (SSSR count). The van der Waals surface area contributed by atoms with Gasteiger partial charge >= 0.3 is 0 Å². The Kier molecular flexibility index (Phi) is 5.03. The van der Waals surface area contributed by atoms with Crippen molar-refractivity contribution in [2.45, 2.75) is 31.7 Å². The maximum Gasteiger partial charge on any atom is 0.213 e. The lowest BCUT2D eigenvalue weighted by molar-refractivity contribution is 0.00508. The Hall–Kier alpha value is -0.800. The molecule has 1 aromatic heterocycles. The smallest absolute Gasteiger partial charge is 0.213 e. The largest absolute Gasteiger partial charge is 0.478 e. The van der Waals surface area contributed by atoms with Crippen LogP contribution in [0.15, 0.2) is 18.3 Å². The number of halogens is 1. The van der Waals surface area contributed by atoms with Crippen LogP contribution in [0.25, 0.3) is 0 Å². The van der Waals surface area contributed by atoms with Gasteiger partial charge in [-0.05, 0) is 25.5 Å². The maximum atomic E-state index is 5.72. The zero-order chi connectivity index (χ0) is 12.0. The van der Waals surface area contributed by atoms with E-state index in [0.717, 1.165) is 12.0 Å². The Bertz CT molecular complexity index is 329. The van der Waals surface area contributed by atoms with Gasteiger partial charge in [0.25, 0.3) is 0 Å². The van der Waals surface area contributed by atoms with Crippen LogP contribution in [-0.4, -0.2) is 24.3 Å². The molecule has 1 heterocycles. The molecule has 0 atom stereocenters. The van der Waals surface area contributed by atoms with Crippen LogP contribution in [0.1, 0.15) is 25.8 Å². The number of alkyl halides is 1. The van der Waals surface area contributed by atoms with E-state index < -0.39 is 0 Å². The molecule has 0 aliphatic rings. The van der Waals surface area contributed by atoms with Gasteiger partial charge in [-0.15, -0.1) is 11.6 Å². The second-order valence-corrected chi connectivity index (χ2v) is 4.47. The van der Waals surface area contributed by atoms with Crippen molar-refractivity contribution in [3.63, 3.8) is 0 Å². The van der Waals surface area contributed by atoms with Crippen molar-refractivity contribution >= 4 is 11.6 Å². The van der Waals surface area contributed by atoms with Crippen LogP contribution in [0, 0.1) is 0 Å². The molecule has 0 unspecified atom stereocenters. The third-order valence-corrected chi connectivity index (χ3v) is 2.77. The normalized spacial score (nSPS) is 11.5. The Morgan fingerprint density at radius 2 is 2.19 bits per heavy atom. The van der Waals surface area contributed by atoms with Crippen LogP contribution >= 0.6 is 11.6 Å². The Morgan fingerprint density at radius 1 is 1.44 bits per heavy atom. The highest BCUT2D eigenvalue weighted by Crippen LogP contribution is 2.15. The van der Waals surface area contributed by atoms with E-state index in [9.17, 15) is 0 Å². The molecule has 0 saturated heterocycles. The molecule has 90 valence electrons. The van der Waals surface area contributed by atoms with Crippen LogP contribution < -0.4 is 4.74 Å². The molecular weight excluding hydrogens is 226 g/mol. The summed E-state index contributed by atoms with van der Waals surface area (Å²) in [7, 11) is 1.70. The summed E-state index contributed by atoms with van der Waals surface area (Å²) in [5, 5.41) is 0. The molecule has 0 spiro atoms. The molecule has 3 nitrogen and oxygen atoms in total. The van der Waals surface area contributed by atoms with Gasteiger partial charge in [0, 0.05) is 31.7 Å². The lowest BCUT2D eigenvalue weighted by Crippen LogP contribution is -2.25. The minimum atomic E-state index is -0.163. The number of aromatic nitrogens is 1. The van der Waals surface area contributed by atoms with Gasteiger partial charge < -0.3 is 9.47 Å². The number of rotatable bonds is 6. The van der Waals surface area contributed by atoms with Crippen molar-refractivity contribution in [1.29, 1.82) is 0 Å². The molecule has 0 amide bonds. The van der Waals surface area contributed by atoms with E-state index in [2.05, 4.69) is 4.98 Å². The first kappa shape index (κ1) is 13.3. The Balaban J connectivity index is 2.42. The van der Waals surface area contributed by atoms with Gasteiger partial charge in [0.15, 0.2) is 0 Å². The van der Waals surface area contributed by atoms with Crippen molar-refractivity contribution in [3.8, 4) is 5.88 Å². The van der Waals surface area contributed by atoms with Crippen LogP contribution in [0.3, 0.4) is 0 Å². The second-order valence-electron chi connectivity index (χ2n) is 4.20. The molecule has 0 aliphatic carbocycles. The van der Waals surface area contributed by atoms with E-state index in [1.54, 1.807) is 13.3 Å². The lowest BCUT2D eigenvalue weighted by Gasteiger charge is -2.22. The first-order chi connectivity index (χ1) is 7.57. The van der Waals surface area contributed by atoms with Gasteiger partial charge in [-0.2, -0.15) is 0 Å². The summed E-state index contributed by atoms with van der Waals surface area (Å²) in [5.74, 6) is 1.09. The standard InChI is InChI=1S/C12H18ClNO2/c1-12(2,15-3)5-7-16-11-8-10(9-13)4-6-14-11/h4,6,8H,5,7,9H2,1-3H3. The molecule has 0 aliphatic heterocycles. The average molecular weight is 244 g/mol. The minimum Gasteiger partial charge on any atom is -0.478 e. The van der Waals surface area contributed by atoms with Crippen LogP contribution in [0.5, 0.6) is 5.88 Å². The fraction of sp³-hybridized carbons (Fsp3) is 0.583. The summed E-state index contributed by atoms with van der Waals surface area (Å²) in [4.78, 5) is 4.11. The zero-order valence-corrected chi connectivity index (χ0v) is 10.8. The first-order valence-electron chi connectivity index (χ1n) is 5.26. The van der Waals surface area contributed by atoms with Crippen molar-refractivity contribution in [2.24, 2.45) is 0 Å². The monoisotopic (exact) mass is 243 g/mol. The summed E-state index contributed by atoms with van der Waals surface area (Å²) in [6.07, 6.45) is 2.52. The zero-order valence-electron chi connectivity index (χ0n) is 10.00. The third kappa shape index (κ3) is 4.37. The second kappa shape index (κ2) is 6.06. The predicted octanol–water partition coefficient (Wildman–Crippen LogP) is 3.01. The van der Waals surface area contributed by atoms with Gasteiger partial charge in [-0.1, -0.05) is 0 Å². The highest BCUT2D eigenvalue weighted by molar-refractivity contribution is 6.17. The van der Waals surface area contributed by atoms with Gasteiger partial charge in [-0.3, -0.25) is 0 Å². The average Bonchev–Trinajstić information content (AvgIpc) is 2.29. The molecular formula is C12H18ClNO2. The highest BCUT2D eigenvalue weighted by Gasteiger charge is 2.16. The van der Waals surface area contributed by atoms with E-state index in [-0.39, 0.29) is 5.60 Å². The van der Waals surface area contributed by atoms with Crippen LogP contribution in [0.2, 0.25) is 0 Å². The van der Waals surface area contributed by atoms with E-state index in [4.69, 9.17) is 21.1 Å². The summed E-state index contributed by atoms with van der Waals surface area (Å²) in [5.41, 5.74) is 0.849. The van der Waals surface area contributed by atoms with E-state index >= 15 is 0 Å². The van der Waals surface area contributed by atoms with E-state index in [0.29, 0.717) is 18.4 Å². The molecule has 16 heavy (non-hydrogen) atoms. The Labute approximate surface area is 102 Å². The van der Waals surface area contributed by atoms with Gasteiger partial charge in [0.2, 0.25) is 5.88 Å². The minimum absolute atomic E-state index is 0.163. The summed E-state index contributed by atoms with van der Waals surface area (Å²) in [6, 6.07) is 3.73. The molecule has 4 heteroatoms. The van der Waals surface area contributed by atoms with Gasteiger partial charge in [-0.25, -0.2) is 4.98 Å². The first-order valence-corrected chi connectivity index (χ1v) is 5.80. The predicted molar refractivity (Wildman–Crippen MR) is 65.0 cm³/mol. The van der Waals surface area contributed by atoms with Crippen LogP contribution in [-0.2, 0) is 10.6 Å². The van der Waals surface area contributed by atoms with Crippen molar-refractivity contribution < 1.29 is 9.47 Å². The number of nitrogens with zero attached hydrogens (tertiary/aromatic N) is 1. The fourth-order valence-corrected chi connectivity index (χ4v) is 1.28. The summed E-state index contributed by atoms with van der Waals surface area (Å²) in [6.45, 7) is 4.64. The molecule has 0 radical (unpaired) electrons. The third-order valence-electron chi connectivity index (χ3n) is 2.46. The number of pyridine rings is 1. The topological polar surface area (TPSA) is 31.4 Å². The number of methoxy groups -OCH3 is 1. The molecule has 0 aromatic carbocycles. The quantitative estimate of drug-likeness (QED) is 0.720. The lowest BCUT2D eigenvalue weighted by atomic mass is 10.1. The number of hydrogen-bond donors (Lipinski definition) is 0. The van der Waals surface area contributed by atoms with Crippen molar-refractivity contribution in [2.75, 3.05) is 13.7 Å². The van der Waals surface area contributed by atoms with E-state index in [1.165, 1.54) is 0 Å². The highest BCUT2D eigenvalue weighted by atomic mass is 35.5. The molecule has 1 aromatic rings.